The van der Waals surface area contributed by atoms with E-state index in [9.17, 15) is 14.9 Å². The fourth-order valence-electron chi connectivity index (χ4n) is 2.43. The zero-order valence-corrected chi connectivity index (χ0v) is 13.9. The standard InChI is InChI=1S/C19H19N3O2/c1-12-5-4-6-15(8-12)21-18(23)17(11-20)19(24)22-16-9-13(2)7-14(3)10-16/h4-10,17H,1-3H3,(H,21,23)(H,22,24). The Morgan fingerprint density at radius 1 is 0.875 bits per heavy atom. The first-order chi connectivity index (χ1) is 11.4. The average Bonchev–Trinajstić information content (AvgIpc) is 2.46. The van der Waals surface area contributed by atoms with Crippen LogP contribution < -0.4 is 10.6 Å². The minimum Gasteiger partial charge on any atom is -0.324 e. The average molecular weight is 321 g/mol. The van der Waals surface area contributed by atoms with Crippen LogP contribution in [0.2, 0.25) is 0 Å². The maximum Gasteiger partial charge on any atom is 0.251 e. The van der Waals surface area contributed by atoms with E-state index in [1.54, 1.807) is 36.4 Å². The number of anilines is 2. The molecule has 0 saturated heterocycles. The van der Waals surface area contributed by atoms with Crippen LogP contribution >= 0.6 is 0 Å². The highest BCUT2D eigenvalue weighted by Gasteiger charge is 2.26. The van der Waals surface area contributed by atoms with Gasteiger partial charge in [0.25, 0.3) is 11.8 Å². The topological polar surface area (TPSA) is 82.0 Å². The van der Waals surface area contributed by atoms with E-state index in [1.165, 1.54) is 0 Å². The van der Waals surface area contributed by atoms with E-state index in [4.69, 9.17) is 0 Å². The third-order valence-electron chi connectivity index (χ3n) is 3.43. The molecule has 0 radical (unpaired) electrons. The Balaban J connectivity index is 2.10. The molecule has 5 nitrogen and oxygen atoms in total. The summed E-state index contributed by atoms with van der Waals surface area (Å²) in [5.41, 5.74) is 4.08. The predicted molar refractivity (Wildman–Crippen MR) is 93.5 cm³/mol. The Bertz CT molecular complexity index is 801. The van der Waals surface area contributed by atoms with Gasteiger partial charge in [0.05, 0.1) is 6.07 Å². The number of hydrogen-bond acceptors (Lipinski definition) is 3. The van der Waals surface area contributed by atoms with Crippen LogP contribution in [0.25, 0.3) is 0 Å². The number of hydrogen-bond donors (Lipinski definition) is 2. The van der Waals surface area contributed by atoms with Gasteiger partial charge in [0.2, 0.25) is 5.92 Å². The molecular weight excluding hydrogens is 302 g/mol. The molecule has 0 aliphatic heterocycles. The monoisotopic (exact) mass is 321 g/mol. The minimum absolute atomic E-state index is 0.555. The molecule has 2 aromatic rings. The lowest BCUT2D eigenvalue weighted by Gasteiger charge is -2.12. The van der Waals surface area contributed by atoms with Crippen LogP contribution in [0.15, 0.2) is 42.5 Å². The highest BCUT2D eigenvalue weighted by molar-refractivity contribution is 6.12. The van der Waals surface area contributed by atoms with Crippen molar-refractivity contribution >= 4 is 23.2 Å². The zero-order chi connectivity index (χ0) is 17.7. The van der Waals surface area contributed by atoms with Gasteiger partial charge in [-0.3, -0.25) is 9.59 Å². The molecule has 1 unspecified atom stereocenters. The lowest BCUT2D eigenvalue weighted by Crippen LogP contribution is -2.32. The molecule has 2 rings (SSSR count). The normalized spacial score (nSPS) is 11.2. The summed E-state index contributed by atoms with van der Waals surface area (Å²) in [6.07, 6.45) is 0. The number of amides is 2. The van der Waals surface area contributed by atoms with E-state index in [1.807, 2.05) is 32.9 Å². The first-order valence-electron chi connectivity index (χ1n) is 7.55. The molecule has 0 spiro atoms. The van der Waals surface area contributed by atoms with Gasteiger partial charge in [0.1, 0.15) is 0 Å². The lowest BCUT2D eigenvalue weighted by molar-refractivity contribution is -0.127. The summed E-state index contributed by atoms with van der Waals surface area (Å²) in [4.78, 5) is 24.5. The summed E-state index contributed by atoms with van der Waals surface area (Å²) in [6.45, 7) is 5.72. The predicted octanol–water partition coefficient (Wildman–Crippen LogP) is 3.33. The summed E-state index contributed by atoms with van der Waals surface area (Å²) in [7, 11) is 0. The van der Waals surface area contributed by atoms with Crippen LogP contribution in [0, 0.1) is 38.0 Å². The van der Waals surface area contributed by atoms with Gasteiger partial charge in [-0.15, -0.1) is 0 Å². The summed E-state index contributed by atoms with van der Waals surface area (Å²) >= 11 is 0. The molecule has 1 atom stereocenters. The van der Waals surface area contributed by atoms with E-state index in [0.717, 1.165) is 16.7 Å². The van der Waals surface area contributed by atoms with E-state index >= 15 is 0 Å². The molecule has 24 heavy (non-hydrogen) atoms. The Morgan fingerprint density at radius 2 is 1.42 bits per heavy atom. The van der Waals surface area contributed by atoms with Gasteiger partial charge < -0.3 is 10.6 Å². The number of aryl methyl sites for hydroxylation is 3. The molecule has 0 bridgehead atoms. The number of nitrogens with zero attached hydrogens (tertiary/aromatic N) is 1. The van der Waals surface area contributed by atoms with Crippen molar-refractivity contribution in [1.82, 2.24) is 0 Å². The lowest BCUT2D eigenvalue weighted by atomic mass is 10.1. The van der Waals surface area contributed by atoms with Crippen molar-refractivity contribution in [3.8, 4) is 6.07 Å². The van der Waals surface area contributed by atoms with Crippen molar-refractivity contribution in [2.75, 3.05) is 10.6 Å². The van der Waals surface area contributed by atoms with Crippen LogP contribution in [-0.4, -0.2) is 11.8 Å². The quantitative estimate of drug-likeness (QED) is 0.847. The van der Waals surface area contributed by atoms with Gasteiger partial charge in [0, 0.05) is 11.4 Å². The number of rotatable bonds is 4. The fourth-order valence-corrected chi connectivity index (χ4v) is 2.43. The van der Waals surface area contributed by atoms with Crippen molar-refractivity contribution in [1.29, 1.82) is 5.26 Å². The molecule has 5 heteroatoms. The summed E-state index contributed by atoms with van der Waals surface area (Å²) in [5, 5.41) is 14.4. The van der Waals surface area contributed by atoms with Crippen molar-refractivity contribution in [3.63, 3.8) is 0 Å². The van der Waals surface area contributed by atoms with Crippen molar-refractivity contribution in [2.45, 2.75) is 20.8 Å². The Hall–Kier alpha value is -3.13. The third-order valence-corrected chi connectivity index (χ3v) is 3.43. The van der Waals surface area contributed by atoms with Crippen molar-refractivity contribution in [2.24, 2.45) is 5.92 Å². The molecule has 0 saturated carbocycles. The van der Waals surface area contributed by atoms with Gasteiger partial charge in [0.15, 0.2) is 0 Å². The summed E-state index contributed by atoms with van der Waals surface area (Å²) < 4.78 is 0. The number of carbonyl (C=O) groups excluding carboxylic acids is 2. The van der Waals surface area contributed by atoms with E-state index in [2.05, 4.69) is 10.6 Å². The Kier molecular flexibility index (Phi) is 5.33. The molecule has 0 fully saturated rings. The molecule has 0 heterocycles. The Morgan fingerprint density at radius 3 is 1.96 bits per heavy atom. The molecular formula is C19H19N3O2. The van der Waals surface area contributed by atoms with Crippen LogP contribution in [0.3, 0.4) is 0 Å². The summed E-state index contributed by atoms with van der Waals surface area (Å²) in [5.74, 6) is -2.72. The van der Waals surface area contributed by atoms with E-state index in [-0.39, 0.29) is 0 Å². The van der Waals surface area contributed by atoms with Crippen LogP contribution in [-0.2, 0) is 9.59 Å². The molecule has 0 aliphatic carbocycles. The first-order valence-corrected chi connectivity index (χ1v) is 7.55. The maximum atomic E-state index is 12.3. The highest BCUT2D eigenvalue weighted by Crippen LogP contribution is 2.16. The fraction of sp³-hybridized carbons (Fsp3) is 0.211. The molecule has 2 aromatic carbocycles. The number of benzene rings is 2. The third kappa shape index (κ3) is 4.43. The Labute approximate surface area is 141 Å². The molecule has 122 valence electrons. The SMILES string of the molecule is Cc1cccc(NC(=O)C(C#N)C(=O)Nc2cc(C)cc(C)c2)c1. The van der Waals surface area contributed by atoms with E-state index < -0.39 is 17.7 Å². The zero-order valence-electron chi connectivity index (χ0n) is 13.9. The smallest absolute Gasteiger partial charge is 0.251 e. The van der Waals surface area contributed by atoms with Crippen molar-refractivity contribution < 1.29 is 9.59 Å². The molecule has 0 aromatic heterocycles. The van der Waals surface area contributed by atoms with E-state index in [0.29, 0.717) is 11.4 Å². The minimum atomic E-state index is -1.42. The highest BCUT2D eigenvalue weighted by atomic mass is 16.2. The molecule has 2 amide bonds. The second-order valence-electron chi connectivity index (χ2n) is 5.79. The van der Waals surface area contributed by atoms with Gasteiger partial charge in [-0.1, -0.05) is 18.2 Å². The van der Waals surface area contributed by atoms with Crippen LogP contribution in [0.4, 0.5) is 11.4 Å². The van der Waals surface area contributed by atoms with Gasteiger partial charge in [-0.05, 0) is 61.7 Å². The van der Waals surface area contributed by atoms with Crippen molar-refractivity contribution in [3.05, 3.63) is 59.2 Å². The van der Waals surface area contributed by atoms with Gasteiger partial charge in [-0.25, -0.2) is 0 Å². The van der Waals surface area contributed by atoms with Gasteiger partial charge in [-0.2, -0.15) is 5.26 Å². The second kappa shape index (κ2) is 7.42. The van der Waals surface area contributed by atoms with Crippen LogP contribution in [0.5, 0.6) is 0 Å². The van der Waals surface area contributed by atoms with Gasteiger partial charge >= 0.3 is 0 Å². The molecule has 0 aliphatic rings. The largest absolute Gasteiger partial charge is 0.324 e. The maximum absolute atomic E-state index is 12.3. The summed E-state index contributed by atoms with van der Waals surface area (Å²) in [6, 6.07) is 14.5. The number of carbonyl (C=O) groups is 2. The van der Waals surface area contributed by atoms with Crippen LogP contribution in [0.1, 0.15) is 16.7 Å². The number of nitriles is 1. The number of nitrogens with one attached hydrogen (secondary N) is 2. The first kappa shape index (κ1) is 17.2. The second-order valence-corrected chi connectivity index (χ2v) is 5.79. The molecule has 2 N–H and O–H groups in total.